The molecule has 2 rings (SSSR count). The first-order valence-electron chi connectivity index (χ1n) is 8.31. The van der Waals surface area contributed by atoms with Crippen molar-refractivity contribution in [1.82, 2.24) is 10.6 Å². The molecule has 4 nitrogen and oxygen atoms in total. The number of carbonyl (C=O) groups is 1. The third-order valence-electron chi connectivity index (χ3n) is 4.44. The Morgan fingerprint density at radius 1 is 1.43 bits per heavy atom. The molecule has 1 aliphatic rings. The number of ether oxygens (including phenoxy) is 1. The maximum atomic E-state index is 12.1. The Labute approximate surface area is 145 Å². The molecule has 0 saturated carbocycles. The van der Waals surface area contributed by atoms with Crippen molar-refractivity contribution in [3.8, 4) is 5.75 Å². The van der Waals surface area contributed by atoms with E-state index in [1.165, 1.54) is 12.8 Å². The van der Waals surface area contributed by atoms with Crippen molar-refractivity contribution in [2.24, 2.45) is 5.92 Å². The number of rotatable bonds is 7. The van der Waals surface area contributed by atoms with Gasteiger partial charge in [-0.05, 0) is 55.8 Å². The summed E-state index contributed by atoms with van der Waals surface area (Å²) >= 11 is 0. The minimum absolute atomic E-state index is 0. The number of piperidine rings is 1. The van der Waals surface area contributed by atoms with Gasteiger partial charge in [0.05, 0.1) is 7.11 Å². The summed E-state index contributed by atoms with van der Waals surface area (Å²) in [7, 11) is 1.67. The molecule has 1 saturated heterocycles. The zero-order chi connectivity index (χ0) is 15.8. The van der Waals surface area contributed by atoms with Gasteiger partial charge in [-0.15, -0.1) is 12.4 Å². The number of benzene rings is 1. The molecular weight excluding hydrogens is 312 g/mol. The van der Waals surface area contributed by atoms with E-state index in [0.717, 1.165) is 37.4 Å². The Bertz CT molecular complexity index is 476. The largest absolute Gasteiger partial charge is 0.496 e. The quantitative estimate of drug-likeness (QED) is 0.801. The lowest BCUT2D eigenvalue weighted by molar-refractivity contribution is -0.121. The van der Waals surface area contributed by atoms with Crippen LogP contribution in [-0.4, -0.2) is 32.7 Å². The summed E-state index contributed by atoms with van der Waals surface area (Å²) in [6.45, 7) is 5.08. The molecule has 1 aromatic carbocycles. The molecule has 1 amide bonds. The summed E-state index contributed by atoms with van der Waals surface area (Å²) in [5, 5.41) is 6.47. The predicted molar refractivity (Wildman–Crippen MR) is 96.5 cm³/mol. The average molecular weight is 341 g/mol. The van der Waals surface area contributed by atoms with E-state index in [-0.39, 0.29) is 24.2 Å². The zero-order valence-electron chi connectivity index (χ0n) is 14.1. The van der Waals surface area contributed by atoms with Gasteiger partial charge in [0, 0.05) is 13.0 Å². The highest BCUT2D eigenvalue weighted by Gasteiger charge is 2.16. The summed E-state index contributed by atoms with van der Waals surface area (Å²) in [4.78, 5) is 12.1. The van der Waals surface area contributed by atoms with Crippen molar-refractivity contribution < 1.29 is 9.53 Å². The van der Waals surface area contributed by atoms with Crippen LogP contribution in [0.1, 0.15) is 44.1 Å². The lowest BCUT2D eigenvalue weighted by Crippen LogP contribution is -2.33. The van der Waals surface area contributed by atoms with Crippen molar-refractivity contribution >= 4 is 18.3 Å². The molecule has 2 N–H and O–H groups in total. The highest BCUT2D eigenvalue weighted by molar-refractivity contribution is 5.85. The standard InChI is InChI=1S/C18H28N2O2.ClH/c1-14(16-7-3-4-8-17(16)22-2)12-18(21)20-11-9-15-6-5-10-19-13-15;/h3-4,7-8,14-15,19H,5-6,9-13H2,1-2H3,(H,20,21);1H. The van der Waals surface area contributed by atoms with E-state index in [0.29, 0.717) is 12.3 Å². The van der Waals surface area contributed by atoms with Crippen LogP contribution in [0.15, 0.2) is 24.3 Å². The van der Waals surface area contributed by atoms with Gasteiger partial charge in [-0.1, -0.05) is 25.1 Å². The van der Waals surface area contributed by atoms with Gasteiger partial charge >= 0.3 is 0 Å². The van der Waals surface area contributed by atoms with Crippen molar-refractivity contribution in [2.45, 2.75) is 38.5 Å². The molecule has 0 radical (unpaired) electrons. The molecule has 0 aromatic heterocycles. The summed E-state index contributed by atoms with van der Waals surface area (Å²) in [6, 6.07) is 7.92. The van der Waals surface area contributed by atoms with Crippen LogP contribution in [0.2, 0.25) is 0 Å². The first-order valence-corrected chi connectivity index (χ1v) is 8.31. The fourth-order valence-corrected chi connectivity index (χ4v) is 3.12. The first kappa shape index (κ1) is 19.8. The lowest BCUT2D eigenvalue weighted by atomic mass is 9.95. The van der Waals surface area contributed by atoms with Crippen LogP contribution in [0.25, 0.3) is 0 Å². The Morgan fingerprint density at radius 2 is 2.22 bits per heavy atom. The number of nitrogens with one attached hydrogen (secondary N) is 2. The lowest BCUT2D eigenvalue weighted by Gasteiger charge is -2.22. The second-order valence-electron chi connectivity index (χ2n) is 6.20. The van der Waals surface area contributed by atoms with Gasteiger partial charge in [0.15, 0.2) is 0 Å². The van der Waals surface area contributed by atoms with Crippen LogP contribution in [0.3, 0.4) is 0 Å². The van der Waals surface area contributed by atoms with Gasteiger partial charge in [0.1, 0.15) is 5.75 Å². The molecule has 2 unspecified atom stereocenters. The Balaban J connectivity index is 0.00000264. The number of hydrogen-bond acceptors (Lipinski definition) is 3. The zero-order valence-corrected chi connectivity index (χ0v) is 15.0. The molecule has 23 heavy (non-hydrogen) atoms. The predicted octanol–water partition coefficient (Wildman–Crippen LogP) is 3.12. The molecule has 1 fully saturated rings. The summed E-state index contributed by atoms with van der Waals surface area (Å²) < 4.78 is 5.37. The molecule has 0 spiro atoms. The topological polar surface area (TPSA) is 50.4 Å². The SMILES string of the molecule is COc1ccccc1C(C)CC(=O)NCCC1CCCNC1.Cl. The number of amides is 1. The fourth-order valence-electron chi connectivity index (χ4n) is 3.12. The van der Waals surface area contributed by atoms with Crippen LogP contribution in [0.4, 0.5) is 0 Å². The van der Waals surface area contributed by atoms with Crippen molar-refractivity contribution in [2.75, 3.05) is 26.7 Å². The first-order chi connectivity index (χ1) is 10.7. The van der Waals surface area contributed by atoms with Gasteiger partial charge in [-0.2, -0.15) is 0 Å². The van der Waals surface area contributed by atoms with E-state index in [1.807, 2.05) is 24.3 Å². The number of methoxy groups -OCH3 is 1. The van der Waals surface area contributed by atoms with Gasteiger partial charge in [-0.3, -0.25) is 4.79 Å². The second kappa shape index (κ2) is 10.5. The average Bonchev–Trinajstić information content (AvgIpc) is 2.55. The van der Waals surface area contributed by atoms with E-state index >= 15 is 0 Å². The highest BCUT2D eigenvalue weighted by atomic mass is 35.5. The van der Waals surface area contributed by atoms with Crippen LogP contribution < -0.4 is 15.4 Å². The molecule has 1 aliphatic heterocycles. The molecule has 2 atom stereocenters. The fraction of sp³-hybridized carbons (Fsp3) is 0.611. The number of hydrogen-bond donors (Lipinski definition) is 2. The van der Waals surface area contributed by atoms with Crippen LogP contribution in [0.5, 0.6) is 5.75 Å². The summed E-state index contributed by atoms with van der Waals surface area (Å²) in [5.74, 6) is 1.85. The number of para-hydroxylation sites is 1. The smallest absolute Gasteiger partial charge is 0.220 e. The van der Waals surface area contributed by atoms with E-state index in [9.17, 15) is 4.79 Å². The van der Waals surface area contributed by atoms with E-state index in [4.69, 9.17) is 4.74 Å². The molecule has 130 valence electrons. The normalized spacial score (nSPS) is 18.6. The second-order valence-corrected chi connectivity index (χ2v) is 6.20. The van der Waals surface area contributed by atoms with Gasteiger partial charge in [-0.25, -0.2) is 0 Å². The molecule has 5 heteroatoms. The molecule has 1 heterocycles. The van der Waals surface area contributed by atoms with E-state index in [1.54, 1.807) is 7.11 Å². The minimum Gasteiger partial charge on any atom is -0.496 e. The minimum atomic E-state index is 0. The van der Waals surface area contributed by atoms with Crippen LogP contribution in [0, 0.1) is 5.92 Å². The van der Waals surface area contributed by atoms with Crippen molar-refractivity contribution in [3.05, 3.63) is 29.8 Å². The van der Waals surface area contributed by atoms with E-state index < -0.39 is 0 Å². The maximum absolute atomic E-state index is 12.1. The third-order valence-corrected chi connectivity index (χ3v) is 4.44. The van der Waals surface area contributed by atoms with Gasteiger partial charge in [0.25, 0.3) is 0 Å². The van der Waals surface area contributed by atoms with Crippen LogP contribution in [-0.2, 0) is 4.79 Å². The highest BCUT2D eigenvalue weighted by Crippen LogP contribution is 2.28. The van der Waals surface area contributed by atoms with E-state index in [2.05, 4.69) is 17.6 Å². The summed E-state index contributed by atoms with van der Waals surface area (Å²) in [6.07, 6.45) is 4.11. The number of halogens is 1. The summed E-state index contributed by atoms with van der Waals surface area (Å²) in [5.41, 5.74) is 1.09. The number of carbonyl (C=O) groups excluding carboxylic acids is 1. The van der Waals surface area contributed by atoms with Crippen molar-refractivity contribution in [3.63, 3.8) is 0 Å². The monoisotopic (exact) mass is 340 g/mol. The van der Waals surface area contributed by atoms with Crippen LogP contribution >= 0.6 is 12.4 Å². The Hall–Kier alpha value is -1.26. The maximum Gasteiger partial charge on any atom is 0.220 e. The van der Waals surface area contributed by atoms with Crippen molar-refractivity contribution in [1.29, 1.82) is 0 Å². The molecule has 1 aromatic rings. The van der Waals surface area contributed by atoms with Gasteiger partial charge < -0.3 is 15.4 Å². The third kappa shape index (κ3) is 6.40. The molecule has 0 bridgehead atoms. The Kier molecular flexibility index (Phi) is 9.03. The van der Waals surface area contributed by atoms with Gasteiger partial charge in [0.2, 0.25) is 5.91 Å². The molecule has 0 aliphatic carbocycles. The Morgan fingerprint density at radius 3 is 2.91 bits per heavy atom. The molecular formula is C18H29ClN2O2.